The molecule has 3 N–H and O–H groups in total. The van der Waals surface area contributed by atoms with Crippen molar-refractivity contribution in [3.8, 4) is 0 Å². The van der Waals surface area contributed by atoms with Crippen LogP contribution in [-0.4, -0.2) is 0 Å². The summed E-state index contributed by atoms with van der Waals surface area (Å²) in [5.74, 6) is 3.53. The van der Waals surface area contributed by atoms with Gasteiger partial charge in [0.05, 0.1) is 6.04 Å². The molecule has 0 bridgehead atoms. The van der Waals surface area contributed by atoms with Crippen LogP contribution in [0.15, 0.2) is 36.4 Å². The maximum absolute atomic E-state index is 13.7. The molecule has 0 fully saturated rings. The summed E-state index contributed by atoms with van der Waals surface area (Å²) in [6, 6.07) is 5.62. The Morgan fingerprint density at radius 2 is 1.53 bits per heavy atom. The van der Waals surface area contributed by atoms with Crippen LogP contribution in [0.5, 0.6) is 0 Å². The second-order valence-corrected chi connectivity index (χ2v) is 4.34. The van der Waals surface area contributed by atoms with E-state index in [1.165, 1.54) is 12.1 Å². The Labute approximate surface area is 113 Å². The van der Waals surface area contributed by atoms with Gasteiger partial charge in [-0.25, -0.2) is 18.6 Å². The van der Waals surface area contributed by atoms with Gasteiger partial charge in [-0.1, -0.05) is 11.6 Å². The lowest BCUT2D eigenvalue weighted by Crippen LogP contribution is -2.30. The van der Waals surface area contributed by atoms with Crippen LogP contribution in [0.4, 0.5) is 13.2 Å². The third-order valence-electron chi connectivity index (χ3n) is 2.70. The van der Waals surface area contributed by atoms with Gasteiger partial charge >= 0.3 is 0 Å². The molecule has 0 aromatic heterocycles. The fraction of sp³-hybridized carbons (Fsp3) is 0.0769. The van der Waals surface area contributed by atoms with Gasteiger partial charge in [0.2, 0.25) is 0 Å². The minimum atomic E-state index is -0.945. The van der Waals surface area contributed by atoms with E-state index in [4.69, 9.17) is 17.4 Å². The summed E-state index contributed by atoms with van der Waals surface area (Å²) in [7, 11) is 0. The minimum Gasteiger partial charge on any atom is -0.271 e. The fourth-order valence-electron chi connectivity index (χ4n) is 1.82. The monoisotopic (exact) mass is 286 g/mol. The minimum absolute atomic E-state index is 0.0463. The van der Waals surface area contributed by atoms with Gasteiger partial charge in [0, 0.05) is 10.6 Å². The van der Waals surface area contributed by atoms with Crippen molar-refractivity contribution in [2.75, 3.05) is 0 Å². The normalized spacial score (nSPS) is 12.5. The van der Waals surface area contributed by atoms with Gasteiger partial charge in [-0.2, -0.15) is 0 Å². The van der Waals surface area contributed by atoms with Gasteiger partial charge in [0.25, 0.3) is 0 Å². The van der Waals surface area contributed by atoms with Crippen LogP contribution in [0, 0.1) is 17.5 Å². The van der Waals surface area contributed by atoms with E-state index in [9.17, 15) is 13.2 Å². The zero-order valence-corrected chi connectivity index (χ0v) is 10.4. The van der Waals surface area contributed by atoms with Crippen molar-refractivity contribution in [2.45, 2.75) is 6.04 Å². The van der Waals surface area contributed by atoms with Crippen molar-refractivity contribution < 1.29 is 13.2 Å². The molecule has 0 aliphatic carbocycles. The Balaban J connectivity index is 2.55. The highest BCUT2D eigenvalue weighted by Crippen LogP contribution is 2.30. The summed E-state index contributed by atoms with van der Waals surface area (Å²) in [6.45, 7) is 0. The van der Waals surface area contributed by atoms with E-state index in [1.807, 2.05) is 0 Å². The molecule has 2 rings (SSSR count). The standard InChI is InChI=1S/C13H10ClF3N2/c14-11-3-1-7(15)5-9(11)13(19-18)10-6-8(16)2-4-12(10)17/h1-6,13,19H,18H2. The molecule has 2 nitrogen and oxygen atoms in total. The molecule has 2 aromatic carbocycles. The second kappa shape index (κ2) is 5.61. The molecule has 1 atom stereocenters. The third-order valence-corrected chi connectivity index (χ3v) is 3.05. The molecule has 2 aromatic rings. The molecule has 0 saturated heterocycles. The first kappa shape index (κ1) is 13.9. The highest BCUT2D eigenvalue weighted by atomic mass is 35.5. The Morgan fingerprint density at radius 3 is 2.16 bits per heavy atom. The lowest BCUT2D eigenvalue weighted by Gasteiger charge is -2.19. The smallest absolute Gasteiger partial charge is 0.128 e. The summed E-state index contributed by atoms with van der Waals surface area (Å²) in [5, 5.41) is 0.202. The molecule has 0 saturated carbocycles. The number of hydrogen-bond acceptors (Lipinski definition) is 2. The number of hydrogen-bond donors (Lipinski definition) is 2. The highest BCUT2D eigenvalue weighted by Gasteiger charge is 2.20. The number of halogens is 4. The molecule has 0 amide bonds. The van der Waals surface area contributed by atoms with Gasteiger partial charge < -0.3 is 0 Å². The van der Waals surface area contributed by atoms with E-state index in [0.29, 0.717) is 0 Å². The fourth-order valence-corrected chi connectivity index (χ4v) is 2.05. The average Bonchev–Trinajstić information content (AvgIpc) is 2.38. The van der Waals surface area contributed by atoms with Crippen molar-refractivity contribution in [3.63, 3.8) is 0 Å². The van der Waals surface area contributed by atoms with Crippen molar-refractivity contribution in [1.29, 1.82) is 0 Å². The number of nitrogens with one attached hydrogen (secondary N) is 1. The average molecular weight is 287 g/mol. The van der Waals surface area contributed by atoms with E-state index >= 15 is 0 Å². The first-order valence-electron chi connectivity index (χ1n) is 5.39. The molecular formula is C13H10ClF3N2. The Kier molecular flexibility index (Phi) is 4.09. The molecule has 0 spiro atoms. The van der Waals surface area contributed by atoms with Crippen LogP contribution >= 0.6 is 11.6 Å². The molecule has 100 valence electrons. The maximum atomic E-state index is 13.7. The molecule has 0 radical (unpaired) electrons. The highest BCUT2D eigenvalue weighted by molar-refractivity contribution is 6.31. The maximum Gasteiger partial charge on any atom is 0.128 e. The summed E-state index contributed by atoms with van der Waals surface area (Å²) in [4.78, 5) is 0. The number of nitrogens with two attached hydrogens (primary N) is 1. The van der Waals surface area contributed by atoms with Crippen LogP contribution in [0.1, 0.15) is 17.2 Å². The number of hydrazine groups is 1. The van der Waals surface area contributed by atoms with Crippen molar-refractivity contribution in [1.82, 2.24) is 5.43 Å². The van der Waals surface area contributed by atoms with Gasteiger partial charge in [0.1, 0.15) is 17.5 Å². The van der Waals surface area contributed by atoms with Crippen LogP contribution in [0.2, 0.25) is 5.02 Å². The van der Waals surface area contributed by atoms with E-state index in [0.717, 1.165) is 24.3 Å². The van der Waals surface area contributed by atoms with Crippen LogP contribution in [0.3, 0.4) is 0 Å². The molecule has 19 heavy (non-hydrogen) atoms. The summed E-state index contributed by atoms with van der Waals surface area (Å²) < 4.78 is 40.2. The van der Waals surface area contributed by atoms with Crippen LogP contribution in [0.25, 0.3) is 0 Å². The summed E-state index contributed by atoms with van der Waals surface area (Å²) in [6.07, 6.45) is 0. The van der Waals surface area contributed by atoms with Crippen molar-refractivity contribution >= 4 is 11.6 Å². The van der Waals surface area contributed by atoms with Gasteiger partial charge in [-0.05, 0) is 42.0 Å². The van der Waals surface area contributed by atoms with Gasteiger partial charge in [-0.15, -0.1) is 0 Å². The first-order chi connectivity index (χ1) is 9.02. The van der Waals surface area contributed by atoms with Crippen molar-refractivity contribution in [3.05, 3.63) is 70.0 Å². The second-order valence-electron chi connectivity index (χ2n) is 3.93. The molecule has 0 aliphatic rings. The molecule has 0 aliphatic heterocycles. The lowest BCUT2D eigenvalue weighted by atomic mass is 9.98. The van der Waals surface area contributed by atoms with Crippen LogP contribution < -0.4 is 11.3 Å². The van der Waals surface area contributed by atoms with E-state index in [2.05, 4.69) is 5.43 Å². The zero-order chi connectivity index (χ0) is 14.0. The number of rotatable bonds is 3. The Hall–Kier alpha value is -1.56. The zero-order valence-electron chi connectivity index (χ0n) is 9.63. The predicted octanol–water partition coefficient (Wildman–Crippen LogP) is 3.31. The molecule has 1 unspecified atom stereocenters. The quantitative estimate of drug-likeness (QED) is 0.671. The first-order valence-corrected chi connectivity index (χ1v) is 5.76. The topological polar surface area (TPSA) is 38.0 Å². The van der Waals surface area contributed by atoms with Crippen molar-refractivity contribution in [2.24, 2.45) is 5.84 Å². The number of benzene rings is 2. The molecule has 6 heteroatoms. The molecular weight excluding hydrogens is 277 g/mol. The van der Waals surface area contributed by atoms with E-state index in [1.54, 1.807) is 0 Å². The predicted molar refractivity (Wildman–Crippen MR) is 66.9 cm³/mol. The van der Waals surface area contributed by atoms with Crippen LogP contribution in [-0.2, 0) is 0 Å². The largest absolute Gasteiger partial charge is 0.271 e. The third kappa shape index (κ3) is 2.89. The van der Waals surface area contributed by atoms with Gasteiger partial charge in [0.15, 0.2) is 0 Å². The van der Waals surface area contributed by atoms with Gasteiger partial charge in [-0.3, -0.25) is 5.84 Å². The Morgan fingerprint density at radius 1 is 0.947 bits per heavy atom. The summed E-state index contributed by atoms with van der Waals surface area (Å²) in [5.41, 5.74) is 2.50. The Bertz CT molecular complexity index is 553. The van der Waals surface area contributed by atoms with E-state index < -0.39 is 23.5 Å². The summed E-state index contributed by atoms with van der Waals surface area (Å²) >= 11 is 5.93. The van der Waals surface area contributed by atoms with E-state index in [-0.39, 0.29) is 16.1 Å². The lowest BCUT2D eigenvalue weighted by molar-refractivity contribution is 0.542. The molecule has 0 heterocycles. The SMILES string of the molecule is NNC(c1cc(F)ccc1F)c1cc(F)ccc1Cl.